The highest BCUT2D eigenvalue weighted by Crippen LogP contribution is 2.41. The van der Waals surface area contributed by atoms with E-state index in [0.717, 1.165) is 22.1 Å². The Bertz CT molecular complexity index is 1930. The number of aliphatic imine (C=N–C) groups is 1. The van der Waals surface area contributed by atoms with Crippen molar-refractivity contribution in [2.24, 2.45) is 16.1 Å². The van der Waals surface area contributed by atoms with Crippen LogP contribution in [0.15, 0.2) is 66.2 Å². The summed E-state index contributed by atoms with van der Waals surface area (Å²) in [5.74, 6) is -4.91. The first kappa shape index (κ1) is 38.1. The lowest BCUT2D eigenvalue weighted by Gasteiger charge is -2.32. The second kappa shape index (κ2) is 15.2. The van der Waals surface area contributed by atoms with Crippen LogP contribution in [0, 0.1) is 5.41 Å². The molecule has 3 N–H and O–H groups in total. The number of alkyl halides is 6. The molecule has 2 heterocycles. The van der Waals surface area contributed by atoms with E-state index in [-0.39, 0.29) is 39.8 Å². The lowest BCUT2D eigenvalue weighted by Crippen LogP contribution is -2.46. The third-order valence-electron chi connectivity index (χ3n) is 8.02. The van der Waals surface area contributed by atoms with E-state index in [2.05, 4.69) is 25.5 Å². The van der Waals surface area contributed by atoms with Gasteiger partial charge in [0.1, 0.15) is 19.0 Å². The van der Waals surface area contributed by atoms with E-state index in [1.807, 2.05) is 20.8 Å². The number of alkyl carbamates (subject to hydrolysis) is 1. The second-order valence-corrected chi connectivity index (χ2v) is 13.5. The molecule has 1 aliphatic rings. The Labute approximate surface area is 298 Å². The first-order valence-electron chi connectivity index (χ1n) is 15.8. The summed E-state index contributed by atoms with van der Waals surface area (Å²) in [6.45, 7) is 2.56. The summed E-state index contributed by atoms with van der Waals surface area (Å²) < 4.78 is 87.6. The van der Waals surface area contributed by atoms with Crippen LogP contribution in [0.5, 0.6) is 0 Å². The van der Waals surface area contributed by atoms with E-state index in [1.54, 1.807) is 0 Å². The summed E-state index contributed by atoms with van der Waals surface area (Å²) in [5.41, 5.74) is 7.25. The molecule has 0 radical (unpaired) electrons. The first-order chi connectivity index (χ1) is 24.4. The number of rotatable bonds is 12. The summed E-state index contributed by atoms with van der Waals surface area (Å²) >= 11 is 6.41. The van der Waals surface area contributed by atoms with Crippen molar-refractivity contribution in [3.8, 4) is 16.8 Å². The number of carbonyl (C=O) groups is 2. The Balaban J connectivity index is 1.56. The average Bonchev–Trinajstić information content (AvgIpc) is 3.48. The Morgan fingerprint density at radius 3 is 2.40 bits per heavy atom. The van der Waals surface area contributed by atoms with Gasteiger partial charge in [-0.15, -0.1) is 0 Å². The molecule has 1 unspecified atom stereocenters. The van der Waals surface area contributed by atoms with Gasteiger partial charge in [-0.2, -0.15) is 19.0 Å². The molecule has 0 spiro atoms. The fourth-order valence-corrected chi connectivity index (χ4v) is 5.24. The van der Waals surface area contributed by atoms with Crippen LogP contribution in [-0.4, -0.2) is 72.5 Å². The van der Waals surface area contributed by atoms with Crippen LogP contribution in [0.1, 0.15) is 74.4 Å². The summed E-state index contributed by atoms with van der Waals surface area (Å²) in [6.07, 6.45) is -1.00. The zero-order valence-corrected chi connectivity index (χ0v) is 28.7. The van der Waals surface area contributed by atoms with Crippen molar-refractivity contribution in [3.05, 3.63) is 83.2 Å². The molecule has 4 aromatic rings. The van der Waals surface area contributed by atoms with Crippen LogP contribution in [0.25, 0.3) is 16.8 Å². The van der Waals surface area contributed by atoms with Gasteiger partial charge in [-0.1, -0.05) is 50.6 Å². The molecular formula is C33H34ClF6N9O3. The number of hydrogen-bond donors (Lipinski definition) is 2. The minimum absolute atomic E-state index is 0.0278. The van der Waals surface area contributed by atoms with Gasteiger partial charge in [0.2, 0.25) is 0 Å². The number of ether oxygens (including phenoxy) is 1. The zero-order chi connectivity index (χ0) is 38.0. The van der Waals surface area contributed by atoms with E-state index < -0.39 is 61.8 Å². The molecule has 2 aromatic heterocycles. The second-order valence-electron chi connectivity index (χ2n) is 13.1. The zero-order valence-electron chi connectivity index (χ0n) is 28.0. The molecule has 0 bridgehead atoms. The minimum Gasteiger partial charge on any atom is -0.447 e. The van der Waals surface area contributed by atoms with Crippen molar-refractivity contribution < 1.29 is 40.7 Å². The lowest BCUT2D eigenvalue weighted by atomic mass is 9.92. The highest BCUT2D eigenvalue weighted by molar-refractivity contribution is 6.32. The molecular weight excluding hydrogens is 720 g/mol. The average molecular weight is 754 g/mol. The standard InChI is InChI=1S/C33H34ClF6N9O3/c1-32(2,3)10-11-42-30(41)48(28(50)19-6-4-18(5-7-19)21-14-44-47(15-21)29(37)38)24(16-52-31(51)46-25-13-33(25,39)40)20-8-9-22(34)23(12-20)49-27(26(35)36)43-17-45-49/h4-9,12,14-15,17,24-26,29H,10-11,13,16H2,1-3H3,(H2,41,42)(H,46,51)/t24-,25?/m1/s1. The fraction of sp³-hybridized carbons (Fsp3) is 0.394. The number of halogens is 7. The Hall–Kier alpha value is -5.13. The maximum Gasteiger partial charge on any atom is 0.407 e. The largest absolute Gasteiger partial charge is 0.447 e. The number of amides is 2. The van der Waals surface area contributed by atoms with Gasteiger partial charge < -0.3 is 15.8 Å². The highest BCUT2D eigenvalue weighted by atomic mass is 35.5. The molecule has 19 heteroatoms. The molecule has 1 aliphatic carbocycles. The number of nitrogens with two attached hydrogens (primary N) is 1. The van der Waals surface area contributed by atoms with Gasteiger partial charge in [0.05, 0.1) is 22.9 Å². The van der Waals surface area contributed by atoms with E-state index in [9.17, 15) is 35.9 Å². The topological polar surface area (TPSA) is 146 Å². The molecule has 0 aliphatic heterocycles. The third kappa shape index (κ3) is 9.02. The van der Waals surface area contributed by atoms with Gasteiger partial charge in [-0.25, -0.2) is 36.7 Å². The maximum atomic E-state index is 14.4. The van der Waals surface area contributed by atoms with Crippen LogP contribution < -0.4 is 11.1 Å². The van der Waals surface area contributed by atoms with E-state index in [1.165, 1.54) is 48.7 Å². The van der Waals surface area contributed by atoms with Gasteiger partial charge in [-0.3, -0.25) is 14.7 Å². The number of nitrogens with zero attached hydrogens (tertiary/aromatic N) is 7. The molecule has 12 nitrogen and oxygen atoms in total. The predicted octanol–water partition coefficient (Wildman–Crippen LogP) is 7.19. The fourth-order valence-electron chi connectivity index (χ4n) is 5.04. The van der Waals surface area contributed by atoms with Gasteiger partial charge in [0.25, 0.3) is 18.3 Å². The quantitative estimate of drug-likeness (QED) is 0.0886. The normalized spacial score (nSPS) is 16.2. The van der Waals surface area contributed by atoms with Gasteiger partial charge in [0, 0.05) is 30.3 Å². The number of carbonyl (C=O) groups excluding carboxylic acids is 2. The van der Waals surface area contributed by atoms with Crippen LogP contribution in [0.2, 0.25) is 5.02 Å². The van der Waals surface area contributed by atoms with Crippen molar-refractivity contribution in [2.45, 2.75) is 64.6 Å². The predicted molar refractivity (Wildman–Crippen MR) is 178 cm³/mol. The molecule has 278 valence electrons. The number of guanidine groups is 1. The Morgan fingerprint density at radius 2 is 1.81 bits per heavy atom. The SMILES string of the molecule is CC(C)(C)CCN=C(N)N(C(=O)c1ccc(-c2cnn(C(F)F)c2)cc1)[C@H](COC(=O)NC1CC1(F)F)c1ccc(Cl)c(-n2ncnc2C(F)F)c1. The number of nitrogens with one attached hydrogen (secondary N) is 1. The van der Waals surface area contributed by atoms with Crippen LogP contribution in [0.4, 0.5) is 31.1 Å². The summed E-state index contributed by atoms with van der Waals surface area (Å²) in [6, 6.07) is 7.12. The Morgan fingerprint density at radius 1 is 1.12 bits per heavy atom. The van der Waals surface area contributed by atoms with Gasteiger partial charge in [0.15, 0.2) is 11.8 Å². The van der Waals surface area contributed by atoms with E-state index in [4.69, 9.17) is 22.1 Å². The molecule has 0 saturated heterocycles. The molecule has 5 rings (SSSR count). The number of benzene rings is 2. The summed E-state index contributed by atoms with van der Waals surface area (Å²) in [7, 11) is 0. The molecule has 52 heavy (non-hydrogen) atoms. The van der Waals surface area contributed by atoms with E-state index >= 15 is 0 Å². The lowest BCUT2D eigenvalue weighted by molar-refractivity contribution is 0.0566. The van der Waals surface area contributed by atoms with Gasteiger partial charge >= 0.3 is 12.6 Å². The van der Waals surface area contributed by atoms with Crippen LogP contribution in [-0.2, 0) is 4.74 Å². The first-order valence-corrected chi connectivity index (χ1v) is 16.2. The summed E-state index contributed by atoms with van der Waals surface area (Å²) in [5, 5.41) is 9.53. The molecule has 1 fully saturated rings. The molecule has 2 amide bonds. The smallest absolute Gasteiger partial charge is 0.407 e. The molecule has 2 aromatic carbocycles. The van der Waals surface area contributed by atoms with Crippen molar-refractivity contribution in [1.82, 2.24) is 34.8 Å². The van der Waals surface area contributed by atoms with Crippen molar-refractivity contribution in [2.75, 3.05) is 13.2 Å². The van der Waals surface area contributed by atoms with Crippen molar-refractivity contribution in [1.29, 1.82) is 0 Å². The Kier molecular flexibility index (Phi) is 11.2. The van der Waals surface area contributed by atoms with Crippen molar-refractivity contribution >= 4 is 29.6 Å². The summed E-state index contributed by atoms with van der Waals surface area (Å²) in [4.78, 5) is 36.1. The maximum absolute atomic E-state index is 14.4. The van der Waals surface area contributed by atoms with E-state index in [0.29, 0.717) is 22.2 Å². The monoisotopic (exact) mass is 753 g/mol. The van der Waals surface area contributed by atoms with Crippen LogP contribution in [0.3, 0.4) is 0 Å². The minimum atomic E-state index is -3.10. The highest BCUT2D eigenvalue weighted by Gasteiger charge is 2.58. The molecule has 2 atom stereocenters. The van der Waals surface area contributed by atoms with Crippen molar-refractivity contribution in [3.63, 3.8) is 0 Å². The number of hydrogen-bond acceptors (Lipinski definition) is 7. The van der Waals surface area contributed by atoms with Gasteiger partial charge in [-0.05, 0) is 47.2 Å². The van der Waals surface area contributed by atoms with Crippen LogP contribution >= 0.6 is 11.6 Å². The number of aromatic nitrogens is 5. The molecule has 1 saturated carbocycles. The third-order valence-corrected chi connectivity index (χ3v) is 8.34.